The van der Waals surface area contributed by atoms with Crippen molar-refractivity contribution in [1.29, 1.82) is 4.78 Å². The summed E-state index contributed by atoms with van der Waals surface area (Å²) in [6.45, 7) is 0. The summed E-state index contributed by atoms with van der Waals surface area (Å²) in [5.74, 6) is 0.828. The Bertz CT molecular complexity index is 273. The molecule has 11 heavy (non-hydrogen) atoms. The van der Waals surface area contributed by atoms with Crippen LogP contribution in [0, 0.1) is 4.78 Å². The average molecular weight is 169 g/mol. The first-order chi connectivity index (χ1) is 5.24. The third kappa shape index (κ3) is 2.05. The van der Waals surface area contributed by atoms with E-state index in [1.54, 1.807) is 7.11 Å². The van der Waals surface area contributed by atoms with Crippen LogP contribution >= 0.6 is 0 Å². The molecule has 1 rings (SSSR count). The molecule has 0 aliphatic heterocycles. The first kappa shape index (κ1) is 8.27. The van der Waals surface area contributed by atoms with E-state index in [0.29, 0.717) is 0 Å². The maximum Gasteiger partial charge on any atom is 0.120 e. The van der Waals surface area contributed by atoms with Crippen LogP contribution in [0.2, 0.25) is 0 Å². The Morgan fingerprint density at radius 3 is 2.73 bits per heavy atom. The molecule has 3 heteroatoms. The van der Waals surface area contributed by atoms with E-state index in [0.717, 1.165) is 10.6 Å². The highest BCUT2D eigenvalue weighted by Crippen LogP contribution is 2.14. The van der Waals surface area contributed by atoms with E-state index >= 15 is 0 Å². The molecule has 0 saturated heterocycles. The fraction of sp³-hybridized carbons (Fsp3) is 0.250. The van der Waals surface area contributed by atoms with Crippen molar-refractivity contribution in [3.63, 3.8) is 0 Å². The highest BCUT2D eigenvalue weighted by atomic mass is 32.2. The molecular formula is C8H11NOS. The summed E-state index contributed by atoms with van der Waals surface area (Å²) in [6.07, 6.45) is 1.87. The number of benzene rings is 1. The van der Waals surface area contributed by atoms with Crippen LogP contribution in [0.4, 0.5) is 0 Å². The van der Waals surface area contributed by atoms with Gasteiger partial charge >= 0.3 is 0 Å². The van der Waals surface area contributed by atoms with Gasteiger partial charge in [-0.1, -0.05) is 16.8 Å². The van der Waals surface area contributed by atoms with Crippen LogP contribution in [0.3, 0.4) is 0 Å². The summed E-state index contributed by atoms with van der Waals surface area (Å²) in [5.41, 5.74) is 0. The maximum atomic E-state index is 7.46. The zero-order valence-corrected chi connectivity index (χ0v) is 7.44. The molecule has 60 valence electrons. The SMILES string of the molecule is COc1cccc(S(C)=N)c1. The molecule has 2 nitrogen and oxygen atoms in total. The van der Waals surface area contributed by atoms with Crippen LogP contribution in [0.5, 0.6) is 5.75 Å². The molecule has 0 radical (unpaired) electrons. The highest BCUT2D eigenvalue weighted by Gasteiger charge is 1.94. The second-order valence-corrected chi connectivity index (χ2v) is 3.68. The molecule has 0 saturated carbocycles. The Kier molecular flexibility index (Phi) is 2.65. The lowest BCUT2D eigenvalue weighted by molar-refractivity contribution is 0.413. The van der Waals surface area contributed by atoms with Gasteiger partial charge in [-0.2, -0.15) is 0 Å². The van der Waals surface area contributed by atoms with E-state index in [-0.39, 0.29) is 0 Å². The number of rotatable bonds is 2. The molecular weight excluding hydrogens is 158 g/mol. The number of ether oxygens (including phenoxy) is 1. The standard InChI is InChI=1S/C8H11NOS/c1-10-7-4-3-5-8(6-7)11(2)9/h3-6,9H,1-2H3. The second kappa shape index (κ2) is 3.53. The summed E-state index contributed by atoms with van der Waals surface area (Å²) in [6, 6.07) is 7.64. The minimum Gasteiger partial charge on any atom is -0.497 e. The Labute approximate surface area is 69.1 Å². The number of nitrogens with one attached hydrogen (secondary N) is 1. The van der Waals surface area contributed by atoms with Crippen molar-refractivity contribution in [3.05, 3.63) is 24.3 Å². The third-order valence-corrected chi connectivity index (χ3v) is 2.36. The van der Waals surface area contributed by atoms with Gasteiger partial charge in [0.05, 0.1) is 7.11 Å². The van der Waals surface area contributed by atoms with E-state index in [1.807, 2.05) is 30.5 Å². The van der Waals surface area contributed by atoms with Gasteiger partial charge in [-0.05, 0) is 24.5 Å². The van der Waals surface area contributed by atoms with Gasteiger partial charge in [0.2, 0.25) is 0 Å². The monoisotopic (exact) mass is 169 g/mol. The van der Waals surface area contributed by atoms with Crippen molar-refractivity contribution < 1.29 is 4.74 Å². The van der Waals surface area contributed by atoms with E-state index in [4.69, 9.17) is 9.52 Å². The molecule has 0 aromatic heterocycles. The van der Waals surface area contributed by atoms with E-state index < -0.39 is 10.7 Å². The van der Waals surface area contributed by atoms with Crippen molar-refractivity contribution in [1.82, 2.24) is 0 Å². The fourth-order valence-electron chi connectivity index (χ4n) is 0.792. The summed E-state index contributed by atoms with van der Waals surface area (Å²) >= 11 is 0. The molecule has 0 amide bonds. The molecule has 0 fully saturated rings. The van der Waals surface area contributed by atoms with Crippen LogP contribution in [-0.4, -0.2) is 13.4 Å². The zero-order chi connectivity index (χ0) is 8.27. The lowest BCUT2D eigenvalue weighted by Crippen LogP contribution is -1.87. The smallest absolute Gasteiger partial charge is 0.120 e. The first-order valence-corrected chi connectivity index (χ1v) is 4.88. The van der Waals surface area contributed by atoms with Gasteiger partial charge in [0.1, 0.15) is 5.75 Å². The summed E-state index contributed by atoms with van der Waals surface area (Å²) in [7, 11) is 1.21. The van der Waals surface area contributed by atoms with Gasteiger partial charge in [0.25, 0.3) is 0 Å². The van der Waals surface area contributed by atoms with Crippen LogP contribution in [0.25, 0.3) is 0 Å². The second-order valence-electron chi connectivity index (χ2n) is 2.19. The van der Waals surface area contributed by atoms with Gasteiger partial charge in [-0.15, -0.1) is 0 Å². The topological polar surface area (TPSA) is 33.1 Å². The van der Waals surface area contributed by atoms with Crippen LogP contribution in [-0.2, 0) is 10.7 Å². The van der Waals surface area contributed by atoms with Gasteiger partial charge in [-0.25, -0.2) is 0 Å². The maximum absolute atomic E-state index is 7.46. The molecule has 0 aliphatic rings. The van der Waals surface area contributed by atoms with Crippen molar-refractivity contribution in [2.75, 3.05) is 13.4 Å². The molecule has 1 aromatic carbocycles. The Hall–Kier alpha value is -0.830. The Morgan fingerprint density at radius 1 is 1.45 bits per heavy atom. The molecule has 1 N–H and O–H groups in total. The van der Waals surface area contributed by atoms with Crippen molar-refractivity contribution in [2.45, 2.75) is 4.90 Å². The van der Waals surface area contributed by atoms with Gasteiger partial charge in [-0.3, -0.25) is 4.78 Å². The van der Waals surface area contributed by atoms with Crippen LogP contribution in [0.15, 0.2) is 29.2 Å². The van der Waals surface area contributed by atoms with Gasteiger partial charge in [0.15, 0.2) is 0 Å². The molecule has 0 bridgehead atoms. The van der Waals surface area contributed by atoms with E-state index in [1.165, 1.54) is 0 Å². The van der Waals surface area contributed by atoms with Gasteiger partial charge < -0.3 is 4.74 Å². The van der Waals surface area contributed by atoms with Crippen LogP contribution < -0.4 is 4.74 Å². The summed E-state index contributed by atoms with van der Waals surface area (Å²) in [5, 5.41) is 0. The predicted molar refractivity (Wildman–Crippen MR) is 47.3 cm³/mol. The fourth-order valence-corrected chi connectivity index (χ4v) is 1.37. The minimum atomic E-state index is -0.421. The van der Waals surface area contributed by atoms with Gasteiger partial charge in [0, 0.05) is 4.90 Å². The Balaban J connectivity index is 3.01. The number of hydrogen-bond acceptors (Lipinski definition) is 2. The molecule has 0 aliphatic carbocycles. The average Bonchev–Trinajstić information content (AvgIpc) is 2.05. The van der Waals surface area contributed by atoms with Crippen LogP contribution in [0.1, 0.15) is 0 Å². The van der Waals surface area contributed by atoms with Crippen molar-refractivity contribution in [2.24, 2.45) is 0 Å². The highest BCUT2D eigenvalue weighted by molar-refractivity contribution is 7.85. The Morgan fingerprint density at radius 2 is 2.18 bits per heavy atom. The largest absolute Gasteiger partial charge is 0.497 e. The van der Waals surface area contributed by atoms with E-state index in [2.05, 4.69) is 0 Å². The number of methoxy groups -OCH3 is 1. The van der Waals surface area contributed by atoms with Crippen molar-refractivity contribution >= 4 is 10.7 Å². The first-order valence-electron chi connectivity index (χ1n) is 3.25. The predicted octanol–water partition coefficient (Wildman–Crippen LogP) is 2.06. The summed E-state index contributed by atoms with van der Waals surface area (Å²) < 4.78 is 12.5. The molecule has 1 unspecified atom stereocenters. The van der Waals surface area contributed by atoms with E-state index in [9.17, 15) is 0 Å². The molecule has 0 spiro atoms. The zero-order valence-electron chi connectivity index (χ0n) is 6.63. The lowest BCUT2D eigenvalue weighted by Gasteiger charge is -2.02. The normalized spacial score (nSPS) is 12.5. The molecule has 1 atom stereocenters. The minimum absolute atomic E-state index is 0.421. The third-order valence-electron chi connectivity index (χ3n) is 1.39. The summed E-state index contributed by atoms with van der Waals surface area (Å²) in [4.78, 5) is 1.02. The lowest BCUT2D eigenvalue weighted by atomic mass is 10.3. The quantitative estimate of drug-likeness (QED) is 0.722. The molecule has 0 heterocycles. The van der Waals surface area contributed by atoms with Crippen molar-refractivity contribution in [3.8, 4) is 5.75 Å². The molecule has 1 aromatic rings. The number of hydrogen-bond donors (Lipinski definition) is 1.